The molecule has 1 amide bonds. The average molecular weight is 501 g/mol. The number of nitrogens with one attached hydrogen (secondary N) is 1. The Labute approximate surface area is 148 Å². The summed E-state index contributed by atoms with van der Waals surface area (Å²) in [5.74, 6) is -0.290. The standard InChI is InChI=1S/C13H8BrClINO3S/c14-12-6-1-8(16)7-11(12)13(18)17-9-2-4-10(5-3-9)21(15,19)20/h1-7H,(H,17,18). The minimum absolute atomic E-state index is 0.0161. The van der Waals surface area contributed by atoms with E-state index in [0.29, 0.717) is 15.7 Å². The maximum atomic E-state index is 12.2. The van der Waals surface area contributed by atoms with Crippen LogP contribution in [0.5, 0.6) is 0 Å². The van der Waals surface area contributed by atoms with Crippen molar-refractivity contribution in [2.75, 3.05) is 5.32 Å². The van der Waals surface area contributed by atoms with E-state index in [9.17, 15) is 13.2 Å². The maximum Gasteiger partial charge on any atom is 0.261 e. The van der Waals surface area contributed by atoms with Crippen LogP contribution < -0.4 is 5.32 Å². The number of carbonyl (C=O) groups excluding carboxylic acids is 1. The third-order valence-electron chi connectivity index (χ3n) is 2.57. The van der Waals surface area contributed by atoms with Crippen LogP contribution in [0, 0.1) is 3.57 Å². The third-order valence-corrected chi connectivity index (χ3v) is 5.30. The van der Waals surface area contributed by atoms with Gasteiger partial charge < -0.3 is 5.32 Å². The Morgan fingerprint density at radius 1 is 1.14 bits per heavy atom. The van der Waals surface area contributed by atoms with Gasteiger partial charge in [0, 0.05) is 24.4 Å². The number of benzene rings is 2. The maximum absolute atomic E-state index is 12.2. The average Bonchev–Trinajstić information content (AvgIpc) is 2.41. The van der Waals surface area contributed by atoms with E-state index in [1.54, 1.807) is 12.1 Å². The SMILES string of the molecule is O=C(Nc1ccc(S(=O)(=O)Cl)cc1)c1cc(I)ccc1Br. The second-order valence-corrected chi connectivity index (χ2v) is 8.71. The molecular formula is C13H8BrClINO3S. The zero-order valence-electron chi connectivity index (χ0n) is 10.3. The first-order valence-corrected chi connectivity index (χ1v) is 9.76. The lowest BCUT2D eigenvalue weighted by Crippen LogP contribution is -2.12. The molecule has 0 bridgehead atoms. The highest BCUT2D eigenvalue weighted by Gasteiger charge is 2.12. The first kappa shape index (κ1) is 16.7. The molecular weight excluding hydrogens is 492 g/mol. The van der Waals surface area contributed by atoms with Gasteiger partial charge in [0.25, 0.3) is 15.0 Å². The van der Waals surface area contributed by atoms with Gasteiger partial charge in [0.1, 0.15) is 0 Å². The zero-order chi connectivity index (χ0) is 15.6. The summed E-state index contributed by atoms with van der Waals surface area (Å²) < 4.78 is 23.9. The summed E-state index contributed by atoms with van der Waals surface area (Å²) in [5.41, 5.74) is 0.978. The summed E-state index contributed by atoms with van der Waals surface area (Å²) in [6.07, 6.45) is 0. The van der Waals surface area contributed by atoms with Crippen LogP contribution in [-0.4, -0.2) is 14.3 Å². The summed E-state index contributed by atoms with van der Waals surface area (Å²) in [6, 6.07) is 11.0. The van der Waals surface area contributed by atoms with Crippen molar-refractivity contribution in [2.24, 2.45) is 0 Å². The van der Waals surface area contributed by atoms with Gasteiger partial charge in [-0.1, -0.05) is 0 Å². The molecule has 0 unspecified atom stereocenters. The molecule has 0 atom stereocenters. The van der Waals surface area contributed by atoms with E-state index in [1.165, 1.54) is 24.3 Å². The highest BCUT2D eigenvalue weighted by atomic mass is 127. The number of carbonyl (C=O) groups is 1. The third kappa shape index (κ3) is 4.41. The Morgan fingerprint density at radius 3 is 2.33 bits per heavy atom. The van der Waals surface area contributed by atoms with E-state index in [4.69, 9.17) is 10.7 Å². The van der Waals surface area contributed by atoms with Crippen LogP contribution in [0.2, 0.25) is 0 Å². The van der Waals surface area contributed by atoms with E-state index in [-0.39, 0.29) is 10.8 Å². The molecule has 0 heterocycles. The summed E-state index contributed by atoms with van der Waals surface area (Å²) in [7, 11) is 1.47. The molecule has 0 radical (unpaired) electrons. The van der Waals surface area contributed by atoms with E-state index in [1.807, 2.05) is 6.07 Å². The molecule has 1 N–H and O–H groups in total. The predicted octanol–water partition coefficient (Wildman–Crippen LogP) is 4.23. The van der Waals surface area contributed by atoms with Gasteiger partial charge in [-0.2, -0.15) is 0 Å². The number of amides is 1. The Hall–Kier alpha value is -0.640. The molecule has 0 aliphatic rings. The Bertz CT molecular complexity index is 794. The van der Waals surface area contributed by atoms with Crippen molar-refractivity contribution in [2.45, 2.75) is 4.90 Å². The number of halogens is 3. The predicted molar refractivity (Wildman–Crippen MR) is 94.3 cm³/mol. The fourth-order valence-corrected chi connectivity index (χ4v) is 3.26. The van der Waals surface area contributed by atoms with Crippen molar-refractivity contribution in [3.05, 3.63) is 56.1 Å². The Kier molecular flexibility index (Phi) is 5.29. The van der Waals surface area contributed by atoms with Gasteiger partial charge in [-0.15, -0.1) is 0 Å². The van der Waals surface area contributed by atoms with Gasteiger partial charge in [-0.25, -0.2) is 8.42 Å². The van der Waals surface area contributed by atoms with E-state index >= 15 is 0 Å². The van der Waals surface area contributed by atoms with Gasteiger partial charge in [0.2, 0.25) is 0 Å². The number of anilines is 1. The lowest BCUT2D eigenvalue weighted by Gasteiger charge is -2.08. The molecule has 4 nitrogen and oxygen atoms in total. The Balaban J connectivity index is 2.22. The van der Waals surface area contributed by atoms with Crippen molar-refractivity contribution < 1.29 is 13.2 Å². The molecule has 8 heteroatoms. The normalized spacial score (nSPS) is 11.2. The van der Waals surface area contributed by atoms with Crippen LogP contribution in [0.1, 0.15) is 10.4 Å². The molecule has 0 aromatic heterocycles. The largest absolute Gasteiger partial charge is 0.322 e. The van der Waals surface area contributed by atoms with Crippen molar-refractivity contribution in [3.8, 4) is 0 Å². The summed E-state index contributed by atoms with van der Waals surface area (Å²) >= 11 is 5.44. The molecule has 21 heavy (non-hydrogen) atoms. The minimum atomic E-state index is -3.76. The second-order valence-electron chi connectivity index (χ2n) is 4.04. The monoisotopic (exact) mass is 499 g/mol. The van der Waals surface area contributed by atoms with Crippen LogP contribution in [-0.2, 0) is 9.05 Å². The van der Waals surface area contributed by atoms with Gasteiger partial charge in [0.05, 0.1) is 10.5 Å². The quantitative estimate of drug-likeness (QED) is 0.507. The van der Waals surface area contributed by atoms with Gasteiger partial charge in [0.15, 0.2) is 0 Å². The fraction of sp³-hybridized carbons (Fsp3) is 0. The summed E-state index contributed by atoms with van der Waals surface area (Å²) in [4.78, 5) is 12.2. The lowest BCUT2D eigenvalue weighted by molar-refractivity contribution is 0.102. The van der Waals surface area contributed by atoms with E-state index in [0.717, 1.165) is 3.57 Å². The Morgan fingerprint density at radius 2 is 1.76 bits per heavy atom. The number of hydrogen-bond donors (Lipinski definition) is 1. The smallest absolute Gasteiger partial charge is 0.261 e. The topological polar surface area (TPSA) is 63.2 Å². The van der Waals surface area contributed by atoms with Crippen LogP contribution in [0.15, 0.2) is 51.8 Å². The molecule has 2 rings (SSSR count). The number of rotatable bonds is 3. The highest BCUT2D eigenvalue weighted by Crippen LogP contribution is 2.22. The van der Waals surface area contributed by atoms with E-state index in [2.05, 4.69) is 43.8 Å². The van der Waals surface area contributed by atoms with Crippen molar-refractivity contribution in [1.29, 1.82) is 0 Å². The van der Waals surface area contributed by atoms with Gasteiger partial charge in [-0.05, 0) is 81.0 Å². The van der Waals surface area contributed by atoms with Crippen molar-refractivity contribution in [1.82, 2.24) is 0 Å². The molecule has 2 aromatic carbocycles. The zero-order valence-corrected chi connectivity index (χ0v) is 15.6. The summed E-state index contributed by atoms with van der Waals surface area (Å²) in [6.45, 7) is 0. The van der Waals surface area contributed by atoms with Crippen LogP contribution >= 0.6 is 49.2 Å². The fourth-order valence-electron chi connectivity index (χ4n) is 1.57. The first-order chi connectivity index (χ1) is 9.77. The molecule has 110 valence electrons. The molecule has 0 spiro atoms. The van der Waals surface area contributed by atoms with Crippen LogP contribution in [0.3, 0.4) is 0 Å². The van der Waals surface area contributed by atoms with E-state index < -0.39 is 9.05 Å². The molecule has 0 aliphatic carbocycles. The van der Waals surface area contributed by atoms with Crippen LogP contribution in [0.4, 0.5) is 5.69 Å². The van der Waals surface area contributed by atoms with Crippen LogP contribution in [0.25, 0.3) is 0 Å². The lowest BCUT2D eigenvalue weighted by atomic mass is 10.2. The highest BCUT2D eigenvalue weighted by molar-refractivity contribution is 14.1. The molecule has 0 aliphatic heterocycles. The second kappa shape index (κ2) is 6.64. The number of hydrogen-bond acceptors (Lipinski definition) is 3. The minimum Gasteiger partial charge on any atom is -0.322 e. The van der Waals surface area contributed by atoms with Gasteiger partial charge >= 0.3 is 0 Å². The molecule has 0 fully saturated rings. The van der Waals surface area contributed by atoms with Crippen molar-refractivity contribution >= 4 is 69.8 Å². The van der Waals surface area contributed by atoms with Crippen molar-refractivity contribution in [3.63, 3.8) is 0 Å². The molecule has 2 aromatic rings. The molecule has 0 saturated carbocycles. The summed E-state index contributed by atoms with van der Waals surface area (Å²) in [5, 5.41) is 2.69. The molecule has 0 saturated heterocycles. The van der Waals surface area contributed by atoms with Gasteiger partial charge in [-0.3, -0.25) is 4.79 Å². The first-order valence-electron chi connectivity index (χ1n) is 5.58.